The molecule has 0 fully saturated rings. The lowest BCUT2D eigenvalue weighted by Gasteiger charge is -2.20. The molecule has 1 rings (SSSR count). The van der Waals surface area contributed by atoms with Crippen LogP contribution in [0.5, 0.6) is 5.75 Å². The molecule has 0 saturated heterocycles. The van der Waals surface area contributed by atoms with Gasteiger partial charge in [-0.2, -0.15) is 0 Å². The summed E-state index contributed by atoms with van der Waals surface area (Å²) < 4.78 is 5.30. The van der Waals surface area contributed by atoms with E-state index in [0.29, 0.717) is 12.2 Å². The number of rotatable bonds is 5. The van der Waals surface area contributed by atoms with Crippen LogP contribution in [0.25, 0.3) is 0 Å². The molecule has 0 spiro atoms. The summed E-state index contributed by atoms with van der Waals surface area (Å²) in [6, 6.07) is 6.80. The lowest BCUT2D eigenvalue weighted by molar-refractivity contribution is -0.121. The van der Waals surface area contributed by atoms with E-state index in [1.165, 1.54) is 0 Å². The minimum absolute atomic E-state index is 0.0384. The number of hydrogen-bond donors (Lipinski definition) is 2. The van der Waals surface area contributed by atoms with Gasteiger partial charge in [0.05, 0.1) is 13.2 Å². The molecule has 0 atom stereocenters. The molecule has 1 aromatic rings. The lowest BCUT2D eigenvalue weighted by Crippen LogP contribution is -2.45. The molecule has 0 unspecified atom stereocenters. The van der Waals surface area contributed by atoms with E-state index in [-0.39, 0.29) is 23.9 Å². The number of ether oxygens (including phenoxy) is 1. The second kappa shape index (κ2) is 6.93. The minimum atomic E-state index is -0.305. The molecule has 20 heavy (non-hydrogen) atoms. The molecular formula is C15H22N2O3. The van der Waals surface area contributed by atoms with Crippen molar-refractivity contribution in [2.75, 3.05) is 13.2 Å². The molecule has 5 heteroatoms. The Labute approximate surface area is 119 Å². The van der Waals surface area contributed by atoms with Crippen LogP contribution in [0.3, 0.4) is 0 Å². The molecule has 2 amide bonds. The summed E-state index contributed by atoms with van der Waals surface area (Å²) in [5, 5.41) is 5.36. The van der Waals surface area contributed by atoms with Gasteiger partial charge in [-0.3, -0.25) is 9.59 Å². The van der Waals surface area contributed by atoms with Crippen LogP contribution in [0.1, 0.15) is 38.1 Å². The molecule has 0 aromatic heterocycles. The van der Waals surface area contributed by atoms with E-state index in [0.717, 1.165) is 5.75 Å². The largest absolute Gasteiger partial charge is 0.494 e. The summed E-state index contributed by atoms with van der Waals surface area (Å²) in [5.41, 5.74) is 0.193. The molecular weight excluding hydrogens is 256 g/mol. The number of amides is 2. The first-order valence-electron chi connectivity index (χ1n) is 6.64. The average molecular weight is 278 g/mol. The van der Waals surface area contributed by atoms with Crippen molar-refractivity contribution in [1.29, 1.82) is 0 Å². The van der Waals surface area contributed by atoms with Gasteiger partial charge in [-0.25, -0.2) is 0 Å². The highest BCUT2D eigenvalue weighted by Crippen LogP contribution is 2.11. The quantitative estimate of drug-likeness (QED) is 0.862. The first-order chi connectivity index (χ1) is 9.31. The predicted molar refractivity (Wildman–Crippen MR) is 77.8 cm³/mol. The van der Waals surface area contributed by atoms with Gasteiger partial charge in [-0.15, -0.1) is 0 Å². The van der Waals surface area contributed by atoms with E-state index in [1.54, 1.807) is 24.3 Å². The normalized spacial score (nSPS) is 10.8. The number of nitrogens with one attached hydrogen (secondary N) is 2. The third-order valence-corrected chi connectivity index (χ3v) is 2.35. The molecule has 110 valence electrons. The maximum atomic E-state index is 11.9. The molecule has 1 aromatic carbocycles. The van der Waals surface area contributed by atoms with Gasteiger partial charge in [0.25, 0.3) is 5.91 Å². The Balaban J connectivity index is 2.48. The SMILES string of the molecule is CCOc1ccc(C(=O)NCC(=O)NC(C)(C)C)cc1. The van der Waals surface area contributed by atoms with E-state index >= 15 is 0 Å². The molecule has 2 N–H and O–H groups in total. The van der Waals surface area contributed by atoms with Crippen molar-refractivity contribution in [2.24, 2.45) is 0 Å². The van der Waals surface area contributed by atoms with Crippen LogP contribution >= 0.6 is 0 Å². The van der Waals surface area contributed by atoms with Crippen LogP contribution < -0.4 is 15.4 Å². The van der Waals surface area contributed by atoms with Crippen molar-refractivity contribution in [2.45, 2.75) is 33.2 Å². The van der Waals surface area contributed by atoms with Crippen LogP contribution in [0.2, 0.25) is 0 Å². The van der Waals surface area contributed by atoms with Gasteiger partial charge in [0, 0.05) is 11.1 Å². The second-order valence-corrected chi connectivity index (χ2v) is 5.44. The van der Waals surface area contributed by atoms with Crippen molar-refractivity contribution >= 4 is 11.8 Å². The molecule has 0 bridgehead atoms. The Morgan fingerprint density at radius 2 is 1.75 bits per heavy atom. The monoisotopic (exact) mass is 278 g/mol. The molecule has 0 aliphatic rings. The summed E-state index contributed by atoms with van der Waals surface area (Å²) >= 11 is 0. The van der Waals surface area contributed by atoms with Gasteiger partial charge >= 0.3 is 0 Å². The lowest BCUT2D eigenvalue weighted by atomic mass is 10.1. The first kappa shape index (κ1) is 16.0. The minimum Gasteiger partial charge on any atom is -0.494 e. The smallest absolute Gasteiger partial charge is 0.251 e. The van der Waals surface area contributed by atoms with Crippen LogP contribution in [0.15, 0.2) is 24.3 Å². The van der Waals surface area contributed by atoms with E-state index in [4.69, 9.17) is 4.74 Å². The third-order valence-electron chi connectivity index (χ3n) is 2.35. The Hall–Kier alpha value is -2.04. The highest BCUT2D eigenvalue weighted by molar-refractivity contribution is 5.96. The summed E-state index contributed by atoms with van der Waals surface area (Å²) in [6.07, 6.45) is 0. The zero-order valence-corrected chi connectivity index (χ0v) is 12.4. The van der Waals surface area contributed by atoms with Crippen molar-refractivity contribution in [3.05, 3.63) is 29.8 Å². The fraction of sp³-hybridized carbons (Fsp3) is 0.467. The molecule has 0 heterocycles. The van der Waals surface area contributed by atoms with Gasteiger partial charge in [0.2, 0.25) is 5.91 Å². The van der Waals surface area contributed by atoms with Crippen LogP contribution in [0, 0.1) is 0 Å². The first-order valence-corrected chi connectivity index (χ1v) is 6.64. The van der Waals surface area contributed by atoms with E-state index in [9.17, 15) is 9.59 Å². The maximum Gasteiger partial charge on any atom is 0.251 e. The summed E-state index contributed by atoms with van der Waals surface area (Å²) in [5.74, 6) is 0.225. The van der Waals surface area contributed by atoms with E-state index in [1.807, 2.05) is 27.7 Å². The zero-order valence-electron chi connectivity index (χ0n) is 12.4. The van der Waals surface area contributed by atoms with E-state index in [2.05, 4.69) is 10.6 Å². The molecule has 0 aliphatic carbocycles. The van der Waals surface area contributed by atoms with Gasteiger partial charge in [-0.1, -0.05) is 0 Å². The summed E-state index contributed by atoms with van der Waals surface area (Å²) in [4.78, 5) is 23.4. The molecule has 5 nitrogen and oxygen atoms in total. The Bertz CT molecular complexity index is 461. The number of benzene rings is 1. The summed E-state index contributed by atoms with van der Waals surface area (Å²) in [6.45, 7) is 8.10. The number of carbonyl (C=O) groups is 2. The van der Waals surface area contributed by atoms with Gasteiger partial charge in [0.15, 0.2) is 0 Å². The fourth-order valence-corrected chi connectivity index (χ4v) is 1.59. The van der Waals surface area contributed by atoms with Crippen molar-refractivity contribution in [3.63, 3.8) is 0 Å². The van der Waals surface area contributed by atoms with Crippen LogP contribution in [0.4, 0.5) is 0 Å². The Morgan fingerprint density at radius 1 is 1.15 bits per heavy atom. The zero-order chi connectivity index (χ0) is 15.2. The van der Waals surface area contributed by atoms with Gasteiger partial charge in [0.1, 0.15) is 5.75 Å². The van der Waals surface area contributed by atoms with Crippen molar-refractivity contribution in [1.82, 2.24) is 10.6 Å². The number of hydrogen-bond acceptors (Lipinski definition) is 3. The highest BCUT2D eigenvalue weighted by atomic mass is 16.5. The number of carbonyl (C=O) groups excluding carboxylic acids is 2. The fourth-order valence-electron chi connectivity index (χ4n) is 1.59. The summed E-state index contributed by atoms with van der Waals surface area (Å²) in [7, 11) is 0. The van der Waals surface area contributed by atoms with Gasteiger partial charge < -0.3 is 15.4 Å². The molecule has 0 aliphatic heterocycles. The predicted octanol–water partition coefficient (Wildman–Crippen LogP) is 1.73. The van der Waals surface area contributed by atoms with Crippen molar-refractivity contribution < 1.29 is 14.3 Å². The van der Waals surface area contributed by atoms with Crippen molar-refractivity contribution in [3.8, 4) is 5.75 Å². The second-order valence-electron chi connectivity index (χ2n) is 5.44. The standard InChI is InChI=1S/C15H22N2O3/c1-5-20-12-8-6-11(7-9-12)14(19)16-10-13(18)17-15(2,3)4/h6-9H,5,10H2,1-4H3,(H,16,19)(H,17,18). The average Bonchev–Trinajstić information content (AvgIpc) is 2.35. The molecule has 0 saturated carbocycles. The van der Waals surface area contributed by atoms with Crippen LogP contribution in [-0.4, -0.2) is 30.5 Å². The maximum absolute atomic E-state index is 11.9. The Kier molecular flexibility index (Phi) is 5.55. The topological polar surface area (TPSA) is 67.4 Å². The van der Waals surface area contributed by atoms with E-state index < -0.39 is 0 Å². The third kappa shape index (κ3) is 5.73. The molecule has 0 radical (unpaired) electrons. The van der Waals surface area contributed by atoms with Gasteiger partial charge in [-0.05, 0) is 52.0 Å². The Morgan fingerprint density at radius 3 is 2.25 bits per heavy atom. The highest BCUT2D eigenvalue weighted by Gasteiger charge is 2.14. The van der Waals surface area contributed by atoms with Crippen LogP contribution in [-0.2, 0) is 4.79 Å².